The van der Waals surface area contributed by atoms with Gasteiger partial charge in [-0.25, -0.2) is 0 Å². The molecule has 5 saturated heterocycles. The summed E-state index contributed by atoms with van der Waals surface area (Å²) in [6.45, 7) is 18.5. The van der Waals surface area contributed by atoms with Crippen molar-refractivity contribution in [1.82, 2.24) is 9.80 Å². The van der Waals surface area contributed by atoms with Crippen molar-refractivity contribution in [2.45, 2.75) is 92.2 Å². The number of piperidine rings is 4. The Morgan fingerprint density at radius 3 is 1.56 bits per heavy atom. The summed E-state index contributed by atoms with van der Waals surface area (Å²) in [6.07, 6.45) is 8.71. The van der Waals surface area contributed by atoms with Crippen LogP contribution in [0.1, 0.15) is 80.1 Å². The van der Waals surface area contributed by atoms with Crippen LogP contribution < -0.4 is 0 Å². The van der Waals surface area contributed by atoms with Crippen molar-refractivity contribution in [1.29, 1.82) is 0 Å². The second-order valence-corrected chi connectivity index (χ2v) is 11.7. The second-order valence-electron chi connectivity index (χ2n) is 11.7. The van der Waals surface area contributed by atoms with Gasteiger partial charge in [-0.3, -0.25) is 0 Å². The van der Waals surface area contributed by atoms with E-state index in [9.17, 15) is 0 Å². The van der Waals surface area contributed by atoms with Crippen molar-refractivity contribution in [3.05, 3.63) is 0 Å². The summed E-state index contributed by atoms with van der Waals surface area (Å²) in [5.41, 5.74) is 1.06. The van der Waals surface area contributed by atoms with Crippen LogP contribution in [0.5, 0.6) is 0 Å². The third-order valence-electron chi connectivity index (χ3n) is 8.09. The SMILES string of the molecule is CC(C)(C)C1CN2CCC1CC2.CN1C2CCC1CC(C(C)(C)C)C2. The highest BCUT2D eigenvalue weighted by Crippen LogP contribution is 2.44. The molecule has 3 atom stereocenters. The quantitative estimate of drug-likeness (QED) is 0.587. The van der Waals surface area contributed by atoms with E-state index in [-0.39, 0.29) is 0 Å². The maximum atomic E-state index is 2.65. The molecule has 2 heteroatoms. The highest BCUT2D eigenvalue weighted by Gasteiger charge is 2.42. The molecule has 0 aromatic carbocycles. The van der Waals surface area contributed by atoms with E-state index < -0.39 is 0 Å². The van der Waals surface area contributed by atoms with Crippen LogP contribution in [0.3, 0.4) is 0 Å². The van der Waals surface area contributed by atoms with E-state index in [2.05, 4.69) is 58.4 Å². The molecule has 0 aliphatic carbocycles. The Morgan fingerprint density at radius 1 is 0.720 bits per heavy atom. The molecule has 4 bridgehead atoms. The van der Waals surface area contributed by atoms with Gasteiger partial charge in [0.05, 0.1) is 0 Å². The average molecular weight is 349 g/mol. The molecule has 5 rings (SSSR count). The van der Waals surface area contributed by atoms with Gasteiger partial charge in [0, 0.05) is 18.6 Å². The molecule has 146 valence electrons. The highest BCUT2D eigenvalue weighted by atomic mass is 15.2. The van der Waals surface area contributed by atoms with Gasteiger partial charge in [-0.2, -0.15) is 0 Å². The van der Waals surface area contributed by atoms with Gasteiger partial charge in [0.1, 0.15) is 0 Å². The molecule has 0 spiro atoms. The normalized spacial score (nSPS) is 41.4. The van der Waals surface area contributed by atoms with E-state index >= 15 is 0 Å². The van der Waals surface area contributed by atoms with Crippen LogP contribution in [-0.4, -0.2) is 48.6 Å². The van der Waals surface area contributed by atoms with Crippen LogP contribution in [0, 0.1) is 28.6 Å². The van der Waals surface area contributed by atoms with Crippen LogP contribution >= 0.6 is 0 Å². The minimum absolute atomic E-state index is 0.530. The van der Waals surface area contributed by atoms with Crippen molar-refractivity contribution < 1.29 is 0 Å². The lowest BCUT2D eigenvalue weighted by molar-refractivity contribution is -0.00555. The molecule has 0 saturated carbocycles. The summed E-state index contributed by atoms with van der Waals surface area (Å²) in [4.78, 5) is 5.28. The zero-order valence-corrected chi connectivity index (χ0v) is 18.1. The first-order valence-corrected chi connectivity index (χ1v) is 11.0. The van der Waals surface area contributed by atoms with Crippen LogP contribution in [0.2, 0.25) is 0 Å². The van der Waals surface area contributed by atoms with Gasteiger partial charge in [0.2, 0.25) is 0 Å². The zero-order valence-electron chi connectivity index (χ0n) is 18.1. The first-order chi connectivity index (χ1) is 11.6. The van der Waals surface area contributed by atoms with Crippen LogP contribution in [0.15, 0.2) is 0 Å². The fraction of sp³-hybridized carbons (Fsp3) is 1.00. The summed E-state index contributed by atoms with van der Waals surface area (Å²) in [5, 5.41) is 0. The van der Waals surface area contributed by atoms with Crippen LogP contribution in [-0.2, 0) is 0 Å². The summed E-state index contributed by atoms with van der Waals surface area (Å²) in [7, 11) is 2.32. The lowest BCUT2D eigenvalue weighted by Gasteiger charge is -2.50. The van der Waals surface area contributed by atoms with Crippen molar-refractivity contribution in [2.75, 3.05) is 26.7 Å². The van der Waals surface area contributed by atoms with Gasteiger partial charge in [-0.15, -0.1) is 0 Å². The van der Waals surface area contributed by atoms with Crippen molar-refractivity contribution >= 4 is 0 Å². The molecule has 2 nitrogen and oxygen atoms in total. The fourth-order valence-corrected chi connectivity index (χ4v) is 6.06. The predicted molar refractivity (Wildman–Crippen MR) is 109 cm³/mol. The van der Waals surface area contributed by atoms with E-state index in [1.54, 1.807) is 0 Å². The molecule has 5 aliphatic heterocycles. The molecule has 25 heavy (non-hydrogen) atoms. The second kappa shape index (κ2) is 7.15. The molecule has 5 heterocycles. The number of hydrogen-bond donors (Lipinski definition) is 0. The Balaban J connectivity index is 0.000000146. The summed E-state index contributed by atoms with van der Waals surface area (Å²) in [6, 6.07) is 1.81. The monoisotopic (exact) mass is 348 g/mol. The van der Waals surface area contributed by atoms with Gasteiger partial charge >= 0.3 is 0 Å². The maximum Gasteiger partial charge on any atom is 0.00985 e. The zero-order chi connectivity index (χ0) is 18.4. The van der Waals surface area contributed by atoms with Gasteiger partial charge < -0.3 is 9.80 Å². The third-order valence-corrected chi connectivity index (χ3v) is 8.09. The van der Waals surface area contributed by atoms with Crippen molar-refractivity contribution in [3.63, 3.8) is 0 Å². The van der Waals surface area contributed by atoms with E-state index in [0.29, 0.717) is 10.8 Å². The van der Waals surface area contributed by atoms with E-state index in [1.807, 2.05) is 0 Å². The first-order valence-electron chi connectivity index (χ1n) is 11.0. The molecule has 5 aliphatic rings. The average Bonchev–Trinajstić information content (AvgIpc) is 2.75. The third kappa shape index (κ3) is 4.43. The molecule has 3 unspecified atom stereocenters. The van der Waals surface area contributed by atoms with Gasteiger partial charge in [0.15, 0.2) is 0 Å². The number of fused-ring (bicyclic) bond motifs is 5. The highest BCUT2D eigenvalue weighted by molar-refractivity contribution is 4.96. The van der Waals surface area contributed by atoms with E-state index in [4.69, 9.17) is 0 Å². The molecular weight excluding hydrogens is 304 g/mol. The Morgan fingerprint density at radius 2 is 1.24 bits per heavy atom. The van der Waals surface area contributed by atoms with Crippen LogP contribution in [0.25, 0.3) is 0 Å². The summed E-state index contributed by atoms with van der Waals surface area (Å²) >= 11 is 0. The smallest absolute Gasteiger partial charge is 0.00985 e. The van der Waals surface area contributed by atoms with Gasteiger partial charge in [0.25, 0.3) is 0 Å². The largest absolute Gasteiger partial charge is 0.303 e. The standard InChI is InChI=1S/C12H23N.C11H21N/c1-12(2,3)9-7-10-5-6-11(8-9)13(10)4;1-11(2,3)10-8-12-6-4-9(10)5-7-12/h9-11H,5-8H2,1-4H3;9-10H,4-8H2,1-3H3. The van der Waals surface area contributed by atoms with Crippen molar-refractivity contribution in [3.8, 4) is 0 Å². The molecule has 0 N–H and O–H groups in total. The lowest BCUT2D eigenvalue weighted by atomic mass is 9.67. The first kappa shape index (κ1) is 19.7. The Hall–Kier alpha value is -0.0800. The van der Waals surface area contributed by atoms with E-state index in [0.717, 1.165) is 29.8 Å². The van der Waals surface area contributed by atoms with Crippen molar-refractivity contribution in [2.24, 2.45) is 28.6 Å². The van der Waals surface area contributed by atoms with Gasteiger partial charge in [-0.1, -0.05) is 41.5 Å². The molecule has 0 aromatic rings. The topological polar surface area (TPSA) is 6.48 Å². The van der Waals surface area contributed by atoms with Crippen LogP contribution in [0.4, 0.5) is 0 Å². The molecule has 0 amide bonds. The van der Waals surface area contributed by atoms with E-state index in [1.165, 1.54) is 58.2 Å². The Kier molecular flexibility index (Phi) is 5.63. The number of nitrogens with zero attached hydrogens (tertiary/aromatic N) is 2. The maximum absolute atomic E-state index is 2.65. The molecule has 0 radical (unpaired) electrons. The minimum atomic E-state index is 0.530. The Labute approximate surface area is 157 Å². The summed E-state index contributed by atoms with van der Waals surface area (Å²) in [5.74, 6) is 2.95. The van der Waals surface area contributed by atoms with Gasteiger partial charge in [-0.05, 0) is 87.2 Å². The Bertz CT molecular complexity index is 422. The molecular formula is C23H44N2. The predicted octanol–water partition coefficient (Wildman–Crippen LogP) is 5.28. The molecule has 5 fully saturated rings. The summed E-state index contributed by atoms with van der Waals surface area (Å²) < 4.78 is 0. The molecule has 0 aromatic heterocycles. The fourth-order valence-electron chi connectivity index (χ4n) is 6.06. The lowest BCUT2D eigenvalue weighted by Crippen LogP contribution is -2.51. The number of hydrogen-bond acceptors (Lipinski definition) is 2. The minimum Gasteiger partial charge on any atom is -0.303 e. The number of rotatable bonds is 0.